The molecule has 29 heavy (non-hydrogen) atoms. The largest absolute Gasteiger partial charge is 0.416 e. The number of nitrogens with two attached hydrogens (primary N) is 1. The molecule has 1 heterocycles. The van der Waals surface area contributed by atoms with Crippen LogP contribution >= 0.6 is 11.6 Å². The van der Waals surface area contributed by atoms with Crippen LogP contribution in [0.15, 0.2) is 53.3 Å². The third-order valence-corrected chi connectivity index (χ3v) is 4.45. The molecular weight excluding hydrogens is 405 g/mol. The summed E-state index contributed by atoms with van der Waals surface area (Å²) < 4.78 is 39.9. The Hall–Kier alpha value is -3.75. The highest BCUT2D eigenvalue weighted by molar-refractivity contribution is 6.30. The first kappa shape index (κ1) is 20.0. The molecule has 0 spiro atoms. The number of hydrogen-bond acceptors (Lipinski definition) is 4. The van der Waals surface area contributed by atoms with Gasteiger partial charge in [-0.25, -0.2) is 0 Å². The van der Waals surface area contributed by atoms with Gasteiger partial charge >= 0.3 is 6.18 Å². The van der Waals surface area contributed by atoms with Crippen molar-refractivity contribution in [3.05, 3.63) is 80.6 Å². The summed E-state index contributed by atoms with van der Waals surface area (Å²) in [5.74, 6) is -0.374. The zero-order valence-electron chi connectivity index (χ0n) is 14.5. The van der Waals surface area contributed by atoms with E-state index >= 15 is 0 Å². The van der Waals surface area contributed by atoms with Crippen LogP contribution < -0.4 is 11.3 Å². The van der Waals surface area contributed by atoms with E-state index in [1.54, 1.807) is 6.07 Å². The van der Waals surface area contributed by atoms with Crippen molar-refractivity contribution in [1.29, 1.82) is 10.5 Å². The molecule has 2 N–H and O–H groups in total. The van der Waals surface area contributed by atoms with Crippen LogP contribution in [0.1, 0.15) is 16.7 Å². The van der Waals surface area contributed by atoms with Gasteiger partial charge in [0, 0.05) is 10.6 Å². The van der Waals surface area contributed by atoms with Gasteiger partial charge in [-0.2, -0.15) is 23.7 Å². The van der Waals surface area contributed by atoms with Crippen molar-refractivity contribution in [2.75, 3.05) is 5.73 Å². The lowest BCUT2D eigenvalue weighted by Crippen LogP contribution is -2.26. The molecule has 5 nitrogen and oxygen atoms in total. The summed E-state index contributed by atoms with van der Waals surface area (Å²) in [7, 11) is 0. The number of nitriles is 2. The Balaban J connectivity index is 2.39. The predicted octanol–water partition coefficient (Wildman–Crippen LogP) is 4.50. The van der Waals surface area contributed by atoms with Gasteiger partial charge in [-0.1, -0.05) is 29.8 Å². The van der Waals surface area contributed by atoms with Crippen molar-refractivity contribution >= 4 is 17.4 Å². The Kier molecular flexibility index (Phi) is 5.06. The first-order valence-corrected chi connectivity index (χ1v) is 8.39. The Morgan fingerprint density at radius 1 is 1.00 bits per heavy atom. The second-order valence-electron chi connectivity index (χ2n) is 5.93. The quantitative estimate of drug-likeness (QED) is 0.667. The number of pyridine rings is 1. The summed E-state index contributed by atoms with van der Waals surface area (Å²) in [4.78, 5) is 13.0. The summed E-state index contributed by atoms with van der Waals surface area (Å²) >= 11 is 5.85. The number of hydrogen-bond donors (Lipinski definition) is 1. The smallest absolute Gasteiger partial charge is 0.384 e. The van der Waals surface area contributed by atoms with Crippen LogP contribution in [0.4, 0.5) is 19.0 Å². The van der Waals surface area contributed by atoms with Gasteiger partial charge in [-0.3, -0.25) is 9.36 Å². The SMILES string of the molecule is N#Cc1c(-c2ccc(Cl)cc2)c(C#N)c(=O)n(-c2cccc(C(F)(F)F)c2)c1N. The first-order valence-electron chi connectivity index (χ1n) is 8.01. The highest BCUT2D eigenvalue weighted by Crippen LogP contribution is 2.33. The molecule has 1 aromatic heterocycles. The van der Waals surface area contributed by atoms with Crippen LogP contribution in [0.25, 0.3) is 16.8 Å². The number of benzene rings is 2. The van der Waals surface area contributed by atoms with E-state index in [1.807, 2.05) is 6.07 Å². The maximum atomic E-state index is 13.1. The van der Waals surface area contributed by atoms with E-state index in [2.05, 4.69) is 0 Å². The maximum Gasteiger partial charge on any atom is 0.416 e. The zero-order valence-corrected chi connectivity index (χ0v) is 15.2. The fourth-order valence-corrected chi connectivity index (χ4v) is 3.02. The molecule has 144 valence electrons. The van der Waals surface area contributed by atoms with E-state index in [0.717, 1.165) is 22.8 Å². The molecule has 0 fully saturated rings. The molecule has 0 aliphatic heterocycles. The number of nitrogen functional groups attached to an aromatic ring is 1. The average Bonchev–Trinajstić information content (AvgIpc) is 2.68. The summed E-state index contributed by atoms with van der Waals surface area (Å²) in [5, 5.41) is 19.6. The van der Waals surface area contributed by atoms with Crippen molar-refractivity contribution < 1.29 is 13.2 Å². The van der Waals surface area contributed by atoms with Crippen molar-refractivity contribution in [1.82, 2.24) is 4.57 Å². The molecule has 0 amide bonds. The number of nitrogens with zero attached hydrogens (tertiary/aromatic N) is 3. The van der Waals surface area contributed by atoms with Crippen molar-refractivity contribution in [3.63, 3.8) is 0 Å². The fraction of sp³-hybridized carbons (Fsp3) is 0.0500. The molecule has 0 bridgehead atoms. The maximum absolute atomic E-state index is 13.1. The third-order valence-electron chi connectivity index (χ3n) is 4.20. The number of alkyl halides is 3. The first-order chi connectivity index (χ1) is 13.7. The second kappa shape index (κ2) is 7.34. The van der Waals surface area contributed by atoms with E-state index < -0.39 is 22.9 Å². The molecule has 9 heteroatoms. The van der Waals surface area contributed by atoms with Gasteiger partial charge in [0.15, 0.2) is 0 Å². The minimum Gasteiger partial charge on any atom is -0.384 e. The summed E-state index contributed by atoms with van der Waals surface area (Å²) in [6, 6.07) is 13.5. The molecule has 3 aromatic rings. The van der Waals surface area contributed by atoms with Crippen LogP contribution in [0.5, 0.6) is 0 Å². The van der Waals surface area contributed by atoms with Crippen molar-refractivity contribution in [3.8, 4) is 29.0 Å². The molecule has 0 atom stereocenters. The van der Waals surface area contributed by atoms with E-state index in [0.29, 0.717) is 10.6 Å². The molecule has 2 aromatic carbocycles. The molecule has 0 saturated carbocycles. The van der Waals surface area contributed by atoms with E-state index in [9.17, 15) is 28.5 Å². The number of anilines is 1. The molecule has 3 rings (SSSR count). The summed E-state index contributed by atoms with van der Waals surface area (Å²) in [6.07, 6.45) is -4.65. The van der Waals surface area contributed by atoms with Gasteiger partial charge in [0.2, 0.25) is 0 Å². The van der Waals surface area contributed by atoms with Crippen molar-refractivity contribution in [2.45, 2.75) is 6.18 Å². The number of rotatable bonds is 2. The summed E-state index contributed by atoms with van der Waals surface area (Å²) in [5.41, 5.74) is 3.57. The van der Waals surface area contributed by atoms with Crippen LogP contribution in [0.2, 0.25) is 5.02 Å². The lowest BCUT2D eigenvalue weighted by Gasteiger charge is -2.17. The molecule has 0 radical (unpaired) electrons. The number of aromatic nitrogens is 1. The second-order valence-corrected chi connectivity index (χ2v) is 6.37. The molecule has 0 aliphatic rings. The highest BCUT2D eigenvalue weighted by atomic mass is 35.5. The minimum absolute atomic E-state index is 0.00241. The number of halogens is 4. The van der Waals surface area contributed by atoms with Crippen LogP contribution in [0.3, 0.4) is 0 Å². The Morgan fingerprint density at radius 2 is 1.62 bits per heavy atom. The van der Waals surface area contributed by atoms with E-state index in [-0.39, 0.29) is 22.6 Å². The Labute approximate surface area is 167 Å². The van der Waals surface area contributed by atoms with E-state index in [1.165, 1.54) is 30.3 Å². The normalized spacial score (nSPS) is 11.0. The monoisotopic (exact) mass is 414 g/mol. The highest BCUT2D eigenvalue weighted by Gasteiger charge is 2.31. The van der Waals surface area contributed by atoms with Gasteiger partial charge < -0.3 is 5.73 Å². The zero-order chi connectivity index (χ0) is 21.3. The van der Waals surface area contributed by atoms with Crippen molar-refractivity contribution in [2.24, 2.45) is 0 Å². The molecule has 0 aliphatic carbocycles. The van der Waals surface area contributed by atoms with Gasteiger partial charge in [0.05, 0.1) is 11.3 Å². The standard InChI is InChI=1S/C20H10ClF3N4O/c21-13-6-4-11(5-7-13)17-15(9-25)18(27)28(19(29)16(17)10-26)14-3-1-2-12(8-14)20(22,23)24/h1-8H,27H2. The lowest BCUT2D eigenvalue weighted by molar-refractivity contribution is -0.137. The predicted molar refractivity (Wildman–Crippen MR) is 101 cm³/mol. The average molecular weight is 415 g/mol. The fourth-order valence-electron chi connectivity index (χ4n) is 2.89. The summed E-state index contributed by atoms with van der Waals surface area (Å²) in [6.45, 7) is 0. The van der Waals surface area contributed by atoms with Gasteiger partial charge in [-0.15, -0.1) is 0 Å². The van der Waals surface area contributed by atoms with Crippen LogP contribution in [-0.4, -0.2) is 4.57 Å². The topological polar surface area (TPSA) is 95.6 Å². The lowest BCUT2D eigenvalue weighted by atomic mass is 9.96. The van der Waals surface area contributed by atoms with Gasteiger partial charge in [0.25, 0.3) is 5.56 Å². The Bertz CT molecular complexity index is 1250. The van der Waals surface area contributed by atoms with Crippen LogP contribution in [0, 0.1) is 22.7 Å². The van der Waals surface area contributed by atoms with E-state index in [4.69, 9.17) is 17.3 Å². The molecular formula is C20H10ClF3N4O. The van der Waals surface area contributed by atoms with Crippen LogP contribution in [-0.2, 0) is 6.18 Å². The molecule has 0 saturated heterocycles. The third kappa shape index (κ3) is 3.54. The minimum atomic E-state index is -4.65. The van der Waals surface area contributed by atoms with Gasteiger partial charge in [0.1, 0.15) is 29.1 Å². The van der Waals surface area contributed by atoms with Gasteiger partial charge in [-0.05, 0) is 35.9 Å². The molecule has 0 unspecified atom stereocenters. The Morgan fingerprint density at radius 3 is 2.17 bits per heavy atom.